The molecule has 19 heavy (non-hydrogen) atoms. The van der Waals surface area contributed by atoms with Gasteiger partial charge >= 0.3 is 0 Å². The van der Waals surface area contributed by atoms with Crippen molar-refractivity contribution in [1.29, 1.82) is 0 Å². The number of benzene rings is 1. The molecule has 0 atom stereocenters. The molecule has 3 rings (SSSR count). The fraction of sp³-hybridized carbons (Fsp3) is 0.133. The second kappa shape index (κ2) is 4.02. The van der Waals surface area contributed by atoms with E-state index in [1.807, 2.05) is 31.2 Å². The second-order valence-corrected chi connectivity index (χ2v) is 4.54. The van der Waals surface area contributed by atoms with E-state index in [4.69, 9.17) is 4.42 Å². The predicted molar refractivity (Wildman–Crippen MR) is 73.3 cm³/mol. The molecule has 3 aromatic rings. The Morgan fingerprint density at radius 3 is 2.68 bits per heavy atom. The van der Waals surface area contributed by atoms with E-state index in [9.17, 15) is 9.90 Å². The summed E-state index contributed by atoms with van der Waals surface area (Å²) in [6.07, 6.45) is 1.46. The van der Waals surface area contributed by atoms with Gasteiger partial charge in [0.2, 0.25) is 5.71 Å². The van der Waals surface area contributed by atoms with Crippen LogP contribution in [0.4, 0.5) is 0 Å². The minimum atomic E-state index is -0.269. The van der Waals surface area contributed by atoms with Gasteiger partial charge in [-0.05, 0) is 24.1 Å². The van der Waals surface area contributed by atoms with Crippen molar-refractivity contribution < 1.29 is 9.52 Å². The van der Waals surface area contributed by atoms with Crippen LogP contribution in [0.3, 0.4) is 0 Å². The van der Waals surface area contributed by atoms with Crippen LogP contribution >= 0.6 is 0 Å². The summed E-state index contributed by atoms with van der Waals surface area (Å²) in [7, 11) is 1.63. The molecule has 0 unspecified atom stereocenters. The van der Waals surface area contributed by atoms with E-state index in [-0.39, 0.29) is 11.3 Å². The molecule has 0 saturated carbocycles. The first-order valence-corrected chi connectivity index (χ1v) is 5.96. The Balaban J connectivity index is 2.49. The zero-order valence-electron chi connectivity index (χ0n) is 10.7. The van der Waals surface area contributed by atoms with E-state index in [0.29, 0.717) is 16.7 Å². The van der Waals surface area contributed by atoms with Crippen LogP contribution in [0.2, 0.25) is 0 Å². The van der Waals surface area contributed by atoms with Gasteiger partial charge in [0.15, 0.2) is 0 Å². The van der Waals surface area contributed by atoms with Crippen molar-refractivity contribution in [3.05, 3.63) is 52.5 Å². The van der Waals surface area contributed by atoms with Crippen LogP contribution in [0.25, 0.3) is 22.2 Å². The molecule has 0 spiro atoms. The fourth-order valence-corrected chi connectivity index (χ4v) is 2.33. The van der Waals surface area contributed by atoms with E-state index >= 15 is 0 Å². The van der Waals surface area contributed by atoms with Crippen LogP contribution in [0.5, 0.6) is 5.75 Å². The fourth-order valence-electron chi connectivity index (χ4n) is 2.33. The maximum absolute atomic E-state index is 12.4. The van der Waals surface area contributed by atoms with Crippen LogP contribution in [-0.4, -0.2) is 9.67 Å². The van der Waals surface area contributed by atoms with Gasteiger partial charge in [0, 0.05) is 7.05 Å². The molecule has 2 heterocycles. The van der Waals surface area contributed by atoms with Crippen LogP contribution in [0.15, 0.2) is 45.8 Å². The minimum Gasteiger partial charge on any atom is -0.506 e. The topological polar surface area (TPSA) is 55.4 Å². The molecule has 0 saturated heterocycles. The second-order valence-electron chi connectivity index (χ2n) is 4.54. The summed E-state index contributed by atoms with van der Waals surface area (Å²) < 4.78 is 6.65. The summed E-state index contributed by atoms with van der Waals surface area (Å²) in [6.45, 7) is 1.91. The maximum Gasteiger partial charge on any atom is 0.264 e. The smallest absolute Gasteiger partial charge is 0.264 e. The van der Waals surface area contributed by atoms with Gasteiger partial charge in [-0.2, -0.15) is 0 Å². The highest BCUT2D eigenvalue weighted by molar-refractivity contribution is 5.90. The average Bonchev–Trinajstić information content (AvgIpc) is 2.88. The first kappa shape index (κ1) is 11.6. The third-order valence-electron chi connectivity index (χ3n) is 3.37. The van der Waals surface area contributed by atoms with Gasteiger partial charge in [-0.25, -0.2) is 0 Å². The van der Waals surface area contributed by atoms with E-state index in [0.717, 1.165) is 11.1 Å². The molecule has 0 aliphatic carbocycles. The third kappa shape index (κ3) is 1.57. The average molecular weight is 255 g/mol. The monoisotopic (exact) mass is 255 g/mol. The largest absolute Gasteiger partial charge is 0.506 e. The third-order valence-corrected chi connectivity index (χ3v) is 3.37. The number of furan rings is 1. The van der Waals surface area contributed by atoms with E-state index in [1.165, 1.54) is 10.8 Å². The number of hydrogen-bond acceptors (Lipinski definition) is 3. The Labute approximate surface area is 109 Å². The highest BCUT2D eigenvalue weighted by Crippen LogP contribution is 2.34. The first-order chi connectivity index (χ1) is 9.11. The molecule has 1 N–H and O–H groups in total. The molecule has 4 heteroatoms. The van der Waals surface area contributed by atoms with Gasteiger partial charge in [0.25, 0.3) is 5.56 Å². The van der Waals surface area contributed by atoms with E-state index in [2.05, 4.69) is 0 Å². The van der Waals surface area contributed by atoms with Gasteiger partial charge in [-0.1, -0.05) is 24.3 Å². The number of pyridine rings is 1. The van der Waals surface area contributed by atoms with Crippen molar-refractivity contribution in [1.82, 2.24) is 4.57 Å². The van der Waals surface area contributed by atoms with Crippen molar-refractivity contribution in [3.63, 3.8) is 0 Å². The molecule has 0 aliphatic rings. The highest BCUT2D eigenvalue weighted by Gasteiger charge is 2.18. The summed E-state index contributed by atoms with van der Waals surface area (Å²) in [5.74, 6) is -0.0267. The lowest BCUT2D eigenvalue weighted by atomic mass is 10.00. The van der Waals surface area contributed by atoms with Gasteiger partial charge in [-0.3, -0.25) is 9.36 Å². The van der Waals surface area contributed by atoms with Crippen molar-refractivity contribution in [2.75, 3.05) is 0 Å². The van der Waals surface area contributed by atoms with E-state index < -0.39 is 0 Å². The molecule has 96 valence electrons. The molecule has 0 radical (unpaired) electrons. The molecule has 0 aliphatic heterocycles. The number of aromatic nitrogens is 1. The first-order valence-electron chi connectivity index (χ1n) is 5.96. The quantitative estimate of drug-likeness (QED) is 0.727. The van der Waals surface area contributed by atoms with Crippen molar-refractivity contribution in [3.8, 4) is 16.9 Å². The molecule has 0 amide bonds. The Morgan fingerprint density at radius 2 is 1.95 bits per heavy atom. The Bertz CT molecular complexity index is 827. The number of fused-ring (bicyclic) bond motifs is 1. The van der Waals surface area contributed by atoms with Crippen LogP contribution in [0, 0.1) is 6.92 Å². The molecular weight excluding hydrogens is 242 g/mol. The number of rotatable bonds is 1. The molecule has 1 aromatic carbocycles. The van der Waals surface area contributed by atoms with E-state index in [1.54, 1.807) is 13.1 Å². The summed E-state index contributed by atoms with van der Waals surface area (Å²) in [6, 6.07) is 9.15. The van der Waals surface area contributed by atoms with Crippen LogP contribution < -0.4 is 5.56 Å². The van der Waals surface area contributed by atoms with Crippen LogP contribution in [-0.2, 0) is 7.05 Å². The molecule has 4 nitrogen and oxygen atoms in total. The lowest BCUT2D eigenvalue weighted by Gasteiger charge is -2.10. The van der Waals surface area contributed by atoms with Gasteiger partial charge in [0.05, 0.1) is 17.2 Å². The molecule has 2 aromatic heterocycles. The highest BCUT2D eigenvalue weighted by atomic mass is 16.3. The zero-order valence-corrected chi connectivity index (χ0v) is 10.7. The number of hydrogen-bond donors (Lipinski definition) is 1. The Hall–Kier alpha value is -2.49. The van der Waals surface area contributed by atoms with Gasteiger partial charge in [-0.15, -0.1) is 0 Å². The van der Waals surface area contributed by atoms with Gasteiger partial charge < -0.3 is 9.52 Å². The molecule has 0 bridgehead atoms. The number of aromatic hydroxyl groups is 1. The number of aryl methyl sites for hydroxylation is 2. The minimum absolute atomic E-state index is 0.0267. The van der Waals surface area contributed by atoms with Crippen molar-refractivity contribution in [2.24, 2.45) is 7.05 Å². The number of nitrogens with zero attached hydrogens (tertiary/aromatic N) is 1. The molecular formula is C15H13NO3. The Kier molecular flexibility index (Phi) is 2.45. The summed E-state index contributed by atoms with van der Waals surface area (Å²) in [5.41, 5.74) is 2.10. The maximum atomic E-state index is 12.4. The van der Waals surface area contributed by atoms with Gasteiger partial charge in [0.1, 0.15) is 5.75 Å². The Morgan fingerprint density at radius 1 is 1.21 bits per heavy atom. The SMILES string of the molecule is Cc1ccccc1-c1c(O)c2ccoc2n(C)c1=O. The normalized spacial score (nSPS) is 11.1. The molecule has 0 fully saturated rings. The van der Waals surface area contributed by atoms with Crippen molar-refractivity contribution in [2.45, 2.75) is 6.92 Å². The summed E-state index contributed by atoms with van der Waals surface area (Å²) >= 11 is 0. The summed E-state index contributed by atoms with van der Waals surface area (Å²) in [4.78, 5) is 12.4. The van der Waals surface area contributed by atoms with Crippen LogP contribution in [0.1, 0.15) is 5.56 Å². The predicted octanol–water partition coefficient (Wildman–Crippen LogP) is 2.81. The zero-order chi connectivity index (χ0) is 13.6. The lowest BCUT2D eigenvalue weighted by molar-refractivity contribution is 0.480. The lowest BCUT2D eigenvalue weighted by Crippen LogP contribution is -2.19. The standard InChI is InChI=1S/C15H13NO3/c1-9-5-3-4-6-10(9)12-13(17)11-7-8-19-15(11)16(2)14(12)18/h3-8,17H,1-2H3. The van der Waals surface area contributed by atoms with Crippen molar-refractivity contribution >= 4 is 11.1 Å². The summed E-state index contributed by atoms with van der Waals surface area (Å²) in [5, 5.41) is 10.9.